The van der Waals surface area contributed by atoms with E-state index in [1.54, 1.807) is 42.5 Å². The smallest absolute Gasteiger partial charge is 0.305 e. The van der Waals surface area contributed by atoms with Gasteiger partial charge in [0.2, 0.25) is 5.91 Å². The summed E-state index contributed by atoms with van der Waals surface area (Å²) in [7, 11) is 0. The minimum absolute atomic E-state index is 0.127. The standard InChI is InChI=1S/C19H16FN3O4S/c20-15-4-2-1-3-13(15)11-27-14-7-5-12(6-8-14)10-21-23-19-22-18(26)16(28-19)9-17(24)25/h1-8,10,16H,9,11H2,(H,24,25)(H,22,23,26)/b21-10+. The number of rotatable bonds is 7. The maximum absolute atomic E-state index is 13.6. The van der Waals surface area contributed by atoms with Crippen LogP contribution in [0.15, 0.2) is 58.7 Å². The predicted octanol–water partition coefficient (Wildman–Crippen LogP) is 2.80. The molecule has 0 bridgehead atoms. The number of amidine groups is 1. The number of hydrogen-bond donors (Lipinski definition) is 2. The average molecular weight is 401 g/mol. The van der Waals surface area contributed by atoms with E-state index in [2.05, 4.69) is 15.5 Å². The number of nitrogens with zero attached hydrogens (tertiary/aromatic N) is 2. The van der Waals surface area contributed by atoms with Crippen molar-refractivity contribution in [3.05, 3.63) is 65.5 Å². The number of carboxylic acids is 1. The quantitative estimate of drug-likeness (QED) is 0.549. The largest absolute Gasteiger partial charge is 0.489 e. The van der Waals surface area contributed by atoms with Crippen molar-refractivity contribution in [1.82, 2.24) is 5.32 Å². The van der Waals surface area contributed by atoms with E-state index in [0.29, 0.717) is 11.3 Å². The molecule has 7 nitrogen and oxygen atoms in total. The van der Waals surface area contributed by atoms with Crippen LogP contribution in [0.1, 0.15) is 17.5 Å². The van der Waals surface area contributed by atoms with Gasteiger partial charge in [0.15, 0.2) is 5.17 Å². The van der Waals surface area contributed by atoms with Gasteiger partial charge in [-0.3, -0.25) is 9.59 Å². The van der Waals surface area contributed by atoms with Gasteiger partial charge in [0.25, 0.3) is 0 Å². The second-order valence-corrected chi connectivity index (χ2v) is 6.98. The van der Waals surface area contributed by atoms with Gasteiger partial charge in [-0.2, -0.15) is 5.10 Å². The molecule has 0 aliphatic carbocycles. The Kier molecular flexibility index (Phi) is 6.38. The van der Waals surface area contributed by atoms with Crippen molar-refractivity contribution >= 4 is 35.0 Å². The maximum Gasteiger partial charge on any atom is 0.305 e. The van der Waals surface area contributed by atoms with Crippen LogP contribution in [-0.2, 0) is 16.2 Å². The average Bonchev–Trinajstić information content (AvgIpc) is 3.01. The highest BCUT2D eigenvalue weighted by atomic mass is 32.2. The number of carbonyl (C=O) groups is 2. The van der Waals surface area contributed by atoms with Gasteiger partial charge in [-0.25, -0.2) is 4.39 Å². The van der Waals surface area contributed by atoms with Crippen molar-refractivity contribution in [2.45, 2.75) is 18.3 Å². The number of carboxylic acid groups (broad SMARTS) is 1. The first-order valence-corrected chi connectivity index (χ1v) is 9.16. The summed E-state index contributed by atoms with van der Waals surface area (Å²) in [5, 5.41) is 18.6. The summed E-state index contributed by atoms with van der Waals surface area (Å²) in [6, 6.07) is 13.4. The fraction of sp³-hybridized carbons (Fsp3) is 0.158. The van der Waals surface area contributed by atoms with E-state index in [1.165, 1.54) is 12.3 Å². The summed E-state index contributed by atoms with van der Waals surface area (Å²) in [5.41, 5.74) is 1.22. The van der Waals surface area contributed by atoms with Gasteiger partial charge in [-0.1, -0.05) is 30.0 Å². The molecule has 144 valence electrons. The Labute approximate surface area is 164 Å². The minimum atomic E-state index is -1.05. The van der Waals surface area contributed by atoms with Gasteiger partial charge in [-0.15, -0.1) is 5.10 Å². The highest BCUT2D eigenvalue weighted by Crippen LogP contribution is 2.22. The van der Waals surface area contributed by atoms with Crippen LogP contribution in [0.4, 0.5) is 4.39 Å². The van der Waals surface area contributed by atoms with Gasteiger partial charge in [0, 0.05) is 5.56 Å². The summed E-state index contributed by atoms with van der Waals surface area (Å²) >= 11 is 1.03. The van der Waals surface area contributed by atoms with E-state index in [9.17, 15) is 14.0 Å². The van der Waals surface area contributed by atoms with Crippen molar-refractivity contribution in [1.29, 1.82) is 0 Å². The molecule has 1 fully saturated rings. The van der Waals surface area contributed by atoms with Crippen LogP contribution in [0, 0.1) is 5.82 Å². The van der Waals surface area contributed by atoms with Gasteiger partial charge < -0.3 is 15.2 Å². The van der Waals surface area contributed by atoms with E-state index < -0.39 is 17.1 Å². The van der Waals surface area contributed by atoms with Crippen LogP contribution in [-0.4, -0.2) is 33.6 Å². The lowest BCUT2D eigenvalue weighted by molar-refractivity contribution is -0.138. The maximum atomic E-state index is 13.6. The fourth-order valence-corrected chi connectivity index (χ4v) is 3.23. The van der Waals surface area contributed by atoms with E-state index in [4.69, 9.17) is 9.84 Å². The van der Waals surface area contributed by atoms with Crippen molar-refractivity contribution in [2.24, 2.45) is 10.2 Å². The van der Waals surface area contributed by atoms with Gasteiger partial charge in [0.1, 0.15) is 23.4 Å². The summed E-state index contributed by atoms with van der Waals surface area (Å²) in [6.07, 6.45) is 1.22. The Morgan fingerprint density at radius 2 is 2.00 bits per heavy atom. The van der Waals surface area contributed by atoms with Crippen LogP contribution in [0.2, 0.25) is 0 Å². The third-order valence-electron chi connectivity index (χ3n) is 3.72. The van der Waals surface area contributed by atoms with Gasteiger partial charge >= 0.3 is 5.97 Å². The molecule has 2 N–H and O–H groups in total. The molecule has 0 spiro atoms. The number of ether oxygens (including phenoxy) is 1. The summed E-state index contributed by atoms with van der Waals surface area (Å²) in [4.78, 5) is 22.3. The second-order valence-electron chi connectivity index (χ2n) is 5.79. The molecule has 1 unspecified atom stereocenters. The monoisotopic (exact) mass is 401 g/mol. The molecule has 1 aliphatic heterocycles. The molecule has 1 atom stereocenters. The second kappa shape index (κ2) is 9.14. The van der Waals surface area contributed by atoms with Gasteiger partial charge in [0.05, 0.1) is 12.6 Å². The Morgan fingerprint density at radius 3 is 2.71 bits per heavy atom. The molecule has 3 rings (SSSR count). The number of nitrogens with one attached hydrogen (secondary N) is 1. The molecule has 28 heavy (non-hydrogen) atoms. The minimum Gasteiger partial charge on any atom is -0.489 e. The van der Waals surface area contributed by atoms with Gasteiger partial charge in [-0.05, 0) is 35.9 Å². The van der Waals surface area contributed by atoms with E-state index in [1.807, 2.05) is 0 Å². The molecule has 1 saturated heterocycles. The van der Waals surface area contributed by atoms with Crippen LogP contribution in [0.25, 0.3) is 0 Å². The summed E-state index contributed by atoms with van der Waals surface area (Å²) in [6.45, 7) is 0.127. The van der Waals surface area contributed by atoms with Crippen LogP contribution in [0.3, 0.4) is 0 Å². The summed E-state index contributed by atoms with van der Waals surface area (Å²) < 4.78 is 19.1. The predicted molar refractivity (Wildman–Crippen MR) is 104 cm³/mol. The highest BCUT2D eigenvalue weighted by molar-refractivity contribution is 8.15. The lowest BCUT2D eigenvalue weighted by Gasteiger charge is -2.07. The number of carbonyl (C=O) groups excluding carboxylic acids is 1. The van der Waals surface area contributed by atoms with Crippen LogP contribution < -0.4 is 10.1 Å². The third kappa shape index (κ3) is 5.40. The first-order valence-electron chi connectivity index (χ1n) is 8.28. The molecular weight excluding hydrogens is 385 g/mol. The number of hydrogen-bond acceptors (Lipinski definition) is 6. The third-order valence-corrected chi connectivity index (χ3v) is 4.80. The van der Waals surface area contributed by atoms with E-state index >= 15 is 0 Å². The van der Waals surface area contributed by atoms with E-state index in [-0.39, 0.29) is 24.0 Å². The summed E-state index contributed by atoms with van der Waals surface area (Å²) in [5.74, 6) is -1.16. The van der Waals surface area contributed by atoms with Crippen molar-refractivity contribution < 1.29 is 23.8 Å². The molecule has 0 radical (unpaired) electrons. The fourth-order valence-electron chi connectivity index (χ4n) is 2.32. The first kappa shape index (κ1) is 19.6. The van der Waals surface area contributed by atoms with Crippen LogP contribution in [0.5, 0.6) is 5.75 Å². The molecule has 0 aromatic heterocycles. The number of amides is 1. The van der Waals surface area contributed by atoms with Crippen molar-refractivity contribution in [3.63, 3.8) is 0 Å². The molecular formula is C19H16FN3O4S. The lowest BCUT2D eigenvalue weighted by atomic mass is 10.2. The molecule has 2 aromatic carbocycles. The Hall–Kier alpha value is -3.20. The Balaban J connectivity index is 1.53. The molecule has 1 aliphatic rings. The van der Waals surface area contributed by atoms with Crippen molar-refractivity contribution in [2.75, 3.05) is 0 Å². The van der Waals surface area contributed by atoms with Crippen LogP contribution >= 0.6 is 11.8 Å². The normalized spacial score (nSPS) is 17.8. The molecule has 9 heteroatoms. The zero-order valence-electron chi connectivity index (χ0n) is 14.5. The molecule has 0 saturated carbocycles. The molecule has 1 amide bonds. The Morgan fingerprint density at radius 1 is 1.25 bits per heavy atom. The zero-order valence-corrected chi connectivity index (χ0v) is 15.4. The molecule has 2 aromatic rings. The molecule has 1 heterocycles. The number of aliphatic carboxylic acids is 1. The highest BCUT2D eigenvalue weighted by Gasteiger charge is 2.32. The first-order chi connectivity index (χ1) is 13.5. The SMILES string of the molecule is O=C(O)CC1S/C(=N/N=C/c2ccc(OCc3ccccc3F)cc2)NC1=O. The Bertz CT molecular complexity index is 931. The number of benzene rings is 2. The topological polar surface area (TPSA) is 100 Å². The lowest BCUT2D eigenvalue weighted by Crippen LogP contribution is -2.26. The number of halogens is 1. The van der Waals surface area contributed by atoms with Crippen molar-refractivity contribution in [3.8, 4) is 5.75 Å². The van der Waals surface area contributed by atoms with E-state index in [0.717, 1.165) is 17.3 Å². The zero-order chi connectivity index (χ0) is 19.9. The number of thioether (sulfide) groups is 1.